The van der Waals surface area contributed by atoms with Crippen LogP contribution in [-0.2, 0) is 6.42 Å². The minimum atomic E-state index is 0.149. The third-order valence-electron chi connectivity index (χ3n) is 3.38. The number of pyridine rings is 1. The molecule has 0 spiro atoms. The summed E-state index contributed by atoms with van der Waals surface area (Å²) in [6, 6.07) is 3.83. The Morgan fingerprint density at radius 3 is 2.68 bits per heavy atom. The summed E-state index contributed by atoms with van der Waals surface area (Å²) in [6.07, 6.45) is 4.21. The van der Waals surface area contributed by atoms with Crippen molar-refractivity contribution in [3.63, 3.8) is 0 Å². The topological polar surface area (TPSA) is 45.2 Å². The fourth-order valence-electron chi connectivity index (χ4n) is 2.47. The molecule has 1 aliphatic rings. The minimum Gasteiger partial charge on any atom is -0.370 e. The summed E-state index contributed by atoms with van der Waals surface area (Å²) >= 11 is 0. The maximum atomic E-state index is 12.4. The average molecular weight is 261 g/mol. The number of hydrogen-bond donors (Lipinski definition) is 1. The van der Waals surface area contributed by atoms with Gasteiger partial charge >= 0.3 is 0 Å². The molecule has 0 saturated carbocycles. The molecule has 1 N–H and O–H groups in total. The van der Waals surface area contributed by atoms with Crippen LogP contribution >= 0.6 is 0 Å². The number of anilines is 1. The molecule has 1 fully saturated rings. The zero-order valence-corrected chi connectivity index (χ0v) is 11.9. The van der Waals surface area contributed by atoms with Crippen molar-refractivity contribution in [2.24, 2.45) is 0 Å². The van der Waals surface area contributed by atoms with Gasteiger partial charge in [-0.25, -0.2) is 4.98 Å². The second kappa shape index (κ2) is 6.55. The second-order valence-electron chi connectivity index (χ2n) is 5.01. The van der Waals surface area contributed by atoms with Crippen LogP contribution in [-0.4, -0.2) is 35.4 Å². The van der Waals surface area contributed by atoms with E-state index in [1.165, 1.54) is 0 Å². The second-order valence-corrected chi connectivity index (χ2v) is 5.01. The lowest BCUT2D eigenvalue weighted by molar-refractivity contribution is 0.0792. The first-order valence-electron chi connectivity index (χ1n) is 7.28. The van der Waals surface area contributed by atoms with Crippen LogP contribution in [0, 0.1) is 0 Å². The lowest BCUT2D eigenvalue weighted by atomic mass is 10.1. The van der Waals surface area contributed by atoms with Crippen molar-refractivity contribution in [2.45, 2.75) is 39.5 Å². The minimum absolute atomic E-state index is 0.149. The number of carbonyl (C=O) groups is 1. The molecular formula is C15H23N3O. The van der Waals surface area contributed by atoms with Gasteiger partial charge in [-0.2, -0.15) is 0 Å². The van der Waals surface area contributed by atoms with Crippen LogP contribution in [0.1, 0.15) is 49.2 Å². The maximum Gasteiger partial charge on any atom is 0.254 e. The Morgan fingerprint density at radius 2 is 2.05 bits per heavy atom. The van der Waals surface area contributed by atoms with E-state index in [1.54, 1.807) is 0 Å². The van der Waals surface area contributed by atoms with E-state index in [4.69, 9.17) is 0 Å². The monoisotopic (exact) mass is 261 g/mol. The smallest absolute Gasteiger partial charge is 0.254 e. The van der Waals surface area contributed by atoms with Crippen molar-refractivity contribution in [1.29, 1.82) is 0 Å². The van der Waals surface area contributed by atoms with Gasteiger partial charge in [0.15, 0.2) is 0 Å². The zero-order chi connectivity index (χ0) is 13.7. The van der Waals surface area contributed by atoms with Gasteiger partial charge in [-0.15, -0.1) is 0 Å². The molecule has 2 heterocycles. The van der Waals surface area contributed by atoms with E-state index >= 15 is 0 Å². The molecule has 1 aliphatic heterocycles. The van der Waals surface area contributed by atoms with E-state index in [9.17, 15) is 4.79 Å². The van der Waals surface area contributed by atoms with Crippen LogP contribution in [0.15, 0.2) is 12.1 Å². The molecule has 1 aromatic rings. The molecular weight excluding hydrogens is 238 g/mol. The van der Waals surface area contributed by atoms with E-state index in [0.29, 0.717) is 0 Å². The van der Waals surface area contributed by atoms with Crippen molar-refractivity contribution in [1.82, 2.24) is 9.88 Å². The molecule has 0 bridgehead atoms. The van der Waals surface area contributed by atoms with E-state index in [-0.39, 0.29) is 5.91 Å². The normalized spacial score (nSPS) is 14.7. The first-order valence-corrected chi connectivity index (χ1v) is 7.28. The molecule has 4 heteroatoms. The molecule has 0 unspecified atom stereocenters. The van der Waals surface area contributed by atoms with Crippen molar-refractivity contribution >= 4 is 11.7 Å². The molecule has 1 saturated heterocycles. The van der Waals surface area contributed by atoms with Gasteiger partial charge in [0, 0.05) is 30.9 Å². The SMILES string of the molecule is CCCc1cc(C(=O)N2CCCC2)cc(NCC)n1. The van der Waals surface area contributed by atoms with Gasteiger partial charge in [0.1, 0.15) is 5.82 Å². The Bertz CT molecular complexity index is 415. The molecule has 4 nitrogen and oxygen atoms in total. The van der Waals surface area contributed by atoms with Gasteiger partial charge in [-0.05, 0) is 38.3 Å². The lowest BCUT2D eigenvalue weighted by Crippen LogP contribution is -2.27. The highest BCUT2D eigenvalue weighted by Gasteiger charge is 2.20. The number of carbonyl (C=O) groups excluding carboxylic acids is 1. The highest BCUT2D eigenvalue weighted by molar-refractivity contribution is 5.95. The first-order chi connectivity index (χ1) is 9.24. The molecule has 0 aliphatic carbocycles. The third kappa shape index (κ3) is 3.46. The Kier molecular flexibility index (Phi) is 4.77. The van der Waals surface area contributed by atoms with Crippen molar-refractivity contribution in [2.75, 3.05) is 25.0 Å². The molecule has 0 radical (unpaired) electrons. The fraction of sp³-hybridized carbons (Fsp3) is 0.600. The van der Waals surface area contributed by atoms with Crippen molar-refractivity contribution in [3.8, 4) is 0 Å². The summed E-state index contributed by atoms with van der Waals surface area (Å²) in [5.41, 5.74) is 1.78. The Labute approximate surface area is 115 Å². The van der Waals surface area contributed by atoms with Crippen LogP contribution < -0.4 is 5.32 Å². The largest absolute Gasteiger partial charge is 0.370 e. The van der Waals surface area contributed by atoms with E-state index in [0.717, 1.165) is 62.4 Å². The summed E-state index contributed by atoms with van der Waals surface area (Å²) in [4.78, 5) is 18.9. The van der Waals surface area contributed by atoms with E-state index < -0.39 is 0 Å². The number of rotatable bonds is 5. The fourth-order valence-corrected chi connectivity index (χ4v) is 2.47. The molecule has 1 aromatic heterocycles. The lowest BCUT2D eigenvalue weighted by Gasteiger charge is -2.16. The van der Waals surface area contributed by atoms with Crippen molar-refractivity contribution in [3.05, 3.63) is 23.4 Å². The van der Waals surface area contributed by atoms with Gasteiger partial charge in [0.05, 0.1) is 0 Å². The number of nitrogens with one attached hydrogen (secondary N) is 1. The average Bonchev–Trinajstić information content (AvgIpc) is 2.92. The Morgan fingerprint density at radius 1 is 1.32 bits per heavy atom. The van der Waals surface area contributed by atoms with Gasteiger partial charge in [-0.1, -0.05) is 13.3 Å². The number of nitrogens with zero attached hydrogens (tertiary/aromatic N) is 2. The predicted octanol–water partition coefficient (Wildman–Crippen LogP) is 2.70. The van der Waals surface area contributed by atoms with Gasteiger partial charge in [0.25, 0.3) is 5.91 Å². The van der Waals surface area contributed by atoms with Gasteiger partial charge in [-0.3, -0.25) is 4.79 Å². The first kappa shape index (κ1) is 13.8. The Hall–Kier alpha value is -1.58. The summed E-state index contributed by atoms with van der Waals surface area (Å²) in [5, 5.41) is 3.21. The molecule has 0 aromatic carbocycles. The zero-order valence-electron chi connectivity index (χ0n) is 11.9. The highest BCUT2D eigenvalue weighted by atomic mass is 16.2. The summed E-state index contributed by atoms with van der Waals surface area (Å²) in [5.74, 6) is 0.965. The molecule has 2 rings (SSSR count). The van der Waals surface area contributed by atoms with Crippen LogP contribution in [0.4, 0.5) is 5.82 Å². The molecule has 19 heavy (non-hydrogen) atoms. The maximum absolute atomic E-state index is 12.4. The van der Waals surface area contributed by atoms with Crippen molar-refractivity contribution < 1.29 is 4.79 Å². The van der Waals surface area contributed by atoms with E-state index in [1.807, 2.05) is 24.0 Å². The quantitative estimate of drug-likeness (QED) is 0.886. The Balaban J connectivity index is 2.23. The standard InChI is InChI=1S/C15H23N3O/c1-3-7-13-10-12(11-14(17-13)16-4-2)15(19)18-8-5-6-9-18/h10-11H,3-9H2,1-2H3,(H,16,17). The number of amides is 1. The molecule has 1 amide bonds. The highest BCUT2D eigenvalue weighted by Crippen LogP contribution is 2.17. The number of aromatic nitrogens is 1. The van der Waals surface area contributed by atoms with Crippen LogP contribution in [0.3, 0.4) is 0 Å². The molecule has 0 atom stereocenters. The predicted molar refractivity (Wildman–Crippen MR) is 77.5 cm³/mol. The molecule has 104 valence electrons. The van der Waals surface area contributed by atoms with Crippen LogP contribution in [0.2, 0.25) is 0 Å². The summed E-state index contributed by atoms with van der Waals surface area (Å²) in [6.45, 7) is 6.77. The van der Waals surface area contributed by atoms with E-state index in [2.05, 4.69) is 17.2 Å². The number of likely N-dealkylation sites (tertiary alicyclic amines) is 1. The number of hydrogen-bond acceptors (Lipinski definition) is 3. The summed E-state index contributed by atoms with van der Waals surface area (Å²) in [7, 11) is 0. The number of aryl methyl sites for hydroxylation is 1. The summed E-state index contributed by atoms with van der Waals surface area (Å²) < 4.78 is 0. The van der Waals surface area contributed by atoms with Crippen LogP contribution in [0.5, 0.6) is 0 Å². The van der Waals surface area contributed by atoms with Crippen LogP contribution in [0.25, 0.3) is 0 Å². The third-order valence-corrected chi connectivity index (χ3v) is 3.38. The van der Waals surface area contributed by atoms with Gasteiger partial charge in [0.2, 0.25) is 0 Å². The van der Waals surface area contributed by atoms with Gasteiger partial charge < -0.3 is 10.2 Å².